The van der Waals surface area contributed by atoms with Gasteiger partial charge in [0.25, 0.3) is 5.91 Å². The number of benzene rings is 1. The summed E-state index contributed by atoms with van der Waals surface area (Å²) in [5.74, 6) is 5.29. The molecule has 2 N–H and O–H groups in total. The van der Waals surface area contributed by atoms with Crippen molar-refractivity contribution in [2.45, 2.75) is 13.3 Å². The summed E-state index contributed by atoms with van der Waals surface area (Å²) in [4.78, 5) is 14.0. The first-order valence-electron chi connectivity index (χ1n) is 6.32. The van der Waals surface area contributed by atoms with Crippen molar-refractivity contribution in [3.8, 4) is 11.8 Å². The van der Waals surface area contributed by atoms with E-state index in [9.17, 15) is 4.79 Å². The molecule has 102 valence electrons. The lowest BCUT2D eigenvalue weighted by atomic mass is 10.2. The Morgan fingerprint density at radius 1 is 1.25 bits per heavy atom. The summed E-state index contributed by atoms with van der Waals surface area (Å²) >= 11 is 1.51. The summed E-state index contributed by atoms with van der Waals surface area (Å²) < 4.78 is 0. The summed E-state index contributed by atoms with van der Waals surface area (Å²) in [5.41, 5.74) is 1.54. The molecule has 2 aromatic rings. The third-order valence-electron chi connectivity index (χ3n) is 2.69. The van der Waals surface area contributed by atoms with Gasteiger partial charge in [0.2, 0.25) is 0 Å². The van der Waals surface area contributed by atoms with Crippen LogP contribution in [0.2, 0.25) is 0 Å². The second-order valence-corrected chi connectivity index (χ2v) is 5.28. The van der Waals surface area contributed by atoms with Crippen molar-refractivity contribution < 1.29 is 9.90 Å². The maximum absolute atomic E-state index is 12.0. The van der Waals surface area contributed by atoms with Gasteiger partial charge in [0.05, 0.1) is 4.88 Å². The molecule has 0 aliphatic carbocycles. The highest BCUT2D eigenvalue weighted by Crippen LogP contribution is 2.18. The highest BCUT2D eigenvalue weighted by Gasteiger charge is 2.08. The molecule has 4 heteroatoms. The second-order valence-electron chi connectivity index (χ2n) is 4.11. The fraction of sp³-hybridized carbons (Fsp3) is 0.188. The van der Waals surface area contributed by atoms with Gasteiger partial charge in [-0.3, -0.25) is 4.79 Å². The van der Waals surface area contributed by atoms with Crippen molar-refractivity contribution in [1.82, 2.24) is 0 Å². The molecule has 0 aliphatic heterocycles. The first-order valence-corrected chi connectivity index (χ1v) is 7.14. The SMILES string of the molecule is CCc1ccc(C(=O)Nc2ccc(C#CCO)cc2)s1. The van der Waals surface area contributed by atoms with E-state index in [-0.39, 0.29) is 12.5 Å². The number of thiophene rings is 1. The van der Waals surface area contributed by atoms with Crippen molar-refractivity contribution in [2.75, 3.05) is 11.9 Å². The quantitative estimate of drug-likeness (QED) is 0.852. The number of carbonyl (C=O) groups excluding carboxylic acids is 1. The molecule has 2 rings (SSSR count). The first-order chi connectivity index (χ1) is 9.72. The van der Waals surface area contributed by atoms with Crippen LogP contribution in [0.5, 0.6) is 0 Å². The van der Waals surface area contributed by atoms with Crippen LogP contribution in [0.1, 0.15) is 27.0 Å². The third-order valence-corrected chi connectivity index (χ3v) is 3.92. The van der Waals surface area contributed by atoms with Gasteiger partial charge in [-0.15, -0.1) is 11.3 Å². The highest BCUT2D eigenvalue weighted by molar-refractivity contribution is 7.14. The molecule has 0 radical (unpaired) electrons. The number of nitrogens with one attached hydrogen (secondary N) is 1. The average molecular weight is 285 g/mol. The Hall–Kier alpha value is -2.09. The van der Waals surface area contributed by atoms with Crippen LogP contribution in [0.25, 0.3) is 0 Å². The molecule has 1 amide bonds. The Bertz CT molecular complexity index is 647. The molecule has 1 aromatic carbocycles. The van der Waals surface area contributed by atoms with E-state index in [1.807, 2.05) is 24.3 Å². The molecule has 1 aromatic heterocycles. The molecule has 20 heavy (non-hydrogen) atoms. The van der Waals surface area contributed by atoms with Crippen molar-refractivity contribution >= 4 is 22.9 Å². The lowest BCUT2D eigenvalue weighted by Crippen LogP contribution is -2.09. The number of aliphatic hydroxyl groups is 1. The van der Waals surface area contributed by atoms with Gasteiger partial charge in [-0.25, -0.2) is 0 Å². The minimum Gasteiger partial charge on any atom is -0.384 e. The Morgan fingerprint density at radius 3 is 2.60 bits per heavy atom. The monoisotopic (exact) mass is 285 g/mol. The number of carbonyl (C=O) groups is 1. The van der Waals surface area contributed by atoms with E-state index in [1.165, 1.54) is 16.2 Å². The van der Waals surface area contributed by atoms with Gasteiger partial charge in [-0.1, -0.05) is 18.8 Å². The standard InChI is InChI=1S/C16H15NO2S/c1-2-14-9-10-15(20-14)16(19)17-13-7-5-12(6-8-13)4-3-11-18/h5-10,18H,2,11H2,1H3,(H,17,19). The van der Waals surface area contributed by atoms with E-state index in [0.717, 1.165) is 17.7 Å². The smallest absolute Gasteiger partial charge is 0.265 e. The summed E-state index contributed by atoms with van der Waals surface area (Å²) in [6, 6.07) is 11.0. The van der Waals surface area contributed by atoms with Gasteiger partial charge in [0.1, 0.15) is 6.61 Å². The van der Waals surface area contributed by atoms with Crippen LogP contribution in [-0.2, 0) is 6.42 Å². The maximum Gasteiger partial charge on any atom is 0.265 e. The number of aryl methyl sites for hydroxylation is 1. The van der Waals surface area contributed by atoms with Crippen molar-refractivity contribution in [1.29, 1.82) is 0 Å². The van der Waals surface area contributed by atoms with E-state index in [1.54, 1.807) is 12.1 Å². The number of anilines is 1. The van der Waals surface area contributed by atoms with E-state index in [4.69, 9.17) is 5.11 Å². The number of hydrogen-bond donors (Lipinski definition) is 2. The number of hydrogen-bond acceptors (Lipinski definition) is 3. The van der Waals surface area contributed by atoms with Crippen LogP contribution in [0.3, 0.4) is 0 Å². The molecule has 0 unspecified atom stereocenters. The minimum absolute atomic E-state index is 0.0936. The van der Waals surface area contributed by atoms with Crippen LogP contribution in [0.4, 0.5) is 5.69 Å². The van der Waals surface area contributed by atoms with Gasteiger partial charge in [0.15, 0.2) is 0 Å². The van der Waals surface area contributed by atoms with Gasteiger partial charge in [-0.2, -0.15) is 0 Å². The Labute approximate surface area is 122 Å². The Morgan fingerprint density at radius 2 is 2.00 bits per heavy atom. The van der Waals surface area contributed by atoms with Crippen LogP contribution in [0, 0.1) is 11.8 Å². The Balaban J connectivity index is 2.04. The molecular weight excluding hydrogens is 270 g/mol. The molecule has 3 nitrogen and oxygen atoms in total. The average Bonchev–Trinajstić information content (AvgIpc) is 2.95. The summed E-state index contributed by atoms with van der Waals surface area (Å²) in [5, 5.41) is 11.5. The molecule has 0 spiro atoms. The second kappa shape index (κ2) is 6.90. The fourth-order valence-electron chi connectivity index (χ4n) is 1.66. The van der Waals surface area contributed by atoms with E-state index in [0.29, 0.717) is 4.88 Å². The zero-order valence-electron chi connectivity index (χ0n) is 11.1. The zero-order chi connectivity index (χ0) is 14.4. The van der Waals surface area contributed by atoms with Crippen LogP contribution in [0.15, 0.2) is 36.4 Å². The van der Waals surface area contributed by atoms with E-state index < -0.39 is 0 Å². The Kier molecular flexibility index (Phi) is 4.94. The molecule has 0 atom stereocenters. The molecule has 1 heterocycles. The number of aliphatic hydroxyl groups excluding tert-OH is 1. The summed E-state index contributed by atoms with van der Waals surface area (Å²) in [7, 11) is 0. The maximum atomic E-state index is 12.0. The topological polar surface area (TPSA) is 49.3 Å². The fourth-order valence-corrected chi connectivity index (χ4v) is 2.50. The zero-order valence-corrected chi connectivity index (χ0v) is 12.0. The van der Waals surface area contributed by atoms with Gasteiger partial charge in [-0.05, 0) is 42.8 Å². The molecule has 0 bridgehead atoms. The van der Waals surface area contributed by atoms with Crippen LogP contribution in [-0.4, -0.2) is 17.6 Å². The normalized spacial score (nSPS) is 9.70. The molecule has 0 saturated carbocycles. The predicted molar refractivity (Wildman–Crippen MR) is 82.1 cm³/mol. The highest BCUT2D eigenvalue weighted by atomic mass is 32.1. The van der Waals surface area contributed by atoms with Gasteiger partial charge < -0.3 is 10.4 Å². The summed E-state index contributed by atoms with van der Waals surface area (Å²) in [6.07, 6.45) is 0.941. The number of rotatable bonds is 3. The largest absolute Gasteiger partial charge is 0.384 e. The van der Waals surface area contributed by atoms with Crippen molar-refractivity contribution in [3.05, 3.63) is 51.7 Å². The predicted octanol–water partition coefficient (Wildman–Crippen LogP) is 2.91. The first kappa shape index (κ1) is 14.3. The number of amides is 1. The summed E-state index contributed by atoms with van der Waals surface area (Å²) in [6.45, 7) is 1.91. The molecule has 0 fully saturated rings. The van der Waals surface area contributed by atoms with Gasteiger partial charge >= 0.3 is 0 Å². The van der Waals surface area contributed by atoms with Crippen LogP contribution >= 0.6 is 11.3 Å². The van der Waals surface area contributed by atoms with E-state index >= 15 is 0 Å². The van der Waals surface area contributed by atoms with Crippen molar-refractivity contribution in [2.24, 2.45) is 0 Å². The van der Waals surface area contributed by atoms with Crippen LogP contribution < -0.4 is 5.32 Å². The van der Waals surface area contributed by atoms with Crippen molar-refractivity contribution in [3.63, 3.8) is 0 Å². The molecule has 0 saturated heterocycles. The van der Waals surface area contributed by atoms with Gasteiger partial charge in [0, 0.05) is 16.1 Å². The minimum atomic E-state index is -0.156. The lowest BCUT2D eigenvalue weighted by Gasteiger charge is -2.03. The van der Waals surface area contributed by atoms with E-state index in [2.05, 4.69) is 24.1 Å². The lowest BCUT2D eigenvalue weighted by molar-refractivity contribution is 0.103. The third kappa shape index (κ3) is 3.70. The molecular formula is C16H15NO2S. The molecule has 0 aliphatic rings.